The molecule has 0 spiro atoms. The molecule has 21 heavy (non-hydrogen) atoms. The number of aryl methyl sites for hydroxylation is 1. The number of sulfonamides is 1. The van der Waals surface area contributed by atoms with Gasteiger partial charge in [0.15, 0.2) is 0 Å². The highest BCUT2D eigenvalue weighted by molar-refractivity contribution is 7.92. The van der Waals surface area contributed by atoms with Gasteiger partial charge in [-0.3, -0.25) is 4.72 Å². The third kappa shape index (κ3) is 3.40. The summed E-state index contributed by atoms with van der Waals surface area (Å²) in [5.41, 5.74) is 7.10. The molecule has 0 amide bonds. The van der Waals surface area contributed by atoms with Crippen molar-refractivity contribution in [1.29, 1.82) is 0 Å². The van der Waals surface area contributed by atoms with Gasteiger partial charge in [0.1, 0.15) is 10.6 Å². The van der Waals surface area contributed by atoms with Gasteiger partial charge in [-0.15, -0.1) is 0 Å². The molecule has 0 aliphatic heterocycles. The first-order chi connectivity index (χ1) is 9.83. The highest BCUT2D eigenvalue weighted by atomic mass is 35.5. The van der Waals surface area contributed by atoms with E-state index in [1.165, 1.54) is 19.2 Å². The summed E-state index contributed by atoms with van der Waals surface area (Å²) in [6, 6.07) is 9.41. The summed E-state index contributed by atoms with van der Waals surface area (Å²) in [4.78, 5) is 0.00938. The lowest BCUT2D eigenvalue weighted by Crippen LogP contribution is -2.15. The Morgan fingerprint density at radius 3 is 2.52 bits per heavy atom. The Kier molecular flexibility index (Phi) is 4.29. The molecule has 0 aliphatic rings. The van der Waals surface area contributed by atoms with Crippen molar-refractivity contribution in [3.05, 3.63) is 47.0 Å². The van der Waals surface area contributed by atoms with Crippen molar-refractivity contribution >= 4 is 33.0 Å². The smallest absolute Gasteiger partial charge is 0.264 e. The number of nitrogens with two attached hydrogens (primary N) is 1. The van der Waals surface area contributed by atoms with Gasteiger partial charge < -0.3 is 10.5 Å². The molecule has 2 aromatic carbocycles. The van der Waals surface area contributed by atoms with Crippen molar-refractivity contribution in [1.82, 2.24) is 0 Å². The van der Waals surface area contributed by atoms with E-state index < -0.39 is 10.0 Å². The van der Waals surface area contributed by atoms with Crippen LogP contribution < -0.4 is 15.2 Å². The molecule has 0 bridgehead atoms. The van der Waals surface area contributed by atoms with Crippen molar-refractivity contribution < 1.29 is 13.2 Å². The molecule has 0 fully saturated rings. The summed E-state index contributed by atoms with van der Waals surface area (Å²) in [7, 11) is -2.38. The maximum absolute atomic E-state index is 12.4. The Morgan fingerprint density at radius 1 is 1.19 bits per heavy atom. The summed E-state index contributed by atoms with van der Waals surface area (Å²) in [6.45, 7) is 1.83. The maximum atomic E-state index is 12.4. The summed E-state index contributed by atoms with van der Waals surface area (Å²) in [5, 5.41) is 0.394. The molecule has 0 saturated heterocycles. The first kappa shape index (κ1) is 15.5. The lowest BCUT2D eigenvalue weighted by molar-refractivity contribution is 0.417. The monoisotopic (exact) mass is 326 g/mol. The summed E-state index contributed by atoms with van der Waals surface area (Å²) < 4.78 is 32.4. The van der Waals surface area contributed by atoms with E-state index >= 15 is 0 Å². The number of methoxy groups -OCH3 is 1. The number of nitrogen functional groups attached to an aromatic ring is 1. The summed E-state index contributed by atoms with van der Waals surface area (Å²) in [5.74, 6) is 0.369. The number of hydrogen-bond acceptors (Lipinski definition) is 4. The minimum Gasteiger partial charge on any atom is -0.495 e. The van der Waals surface area contributed by atoms with Gasteiger partial charge in [-0.25, -0.2) is 8.42 Å². The van der Waals surface area contributed by atoms with Crippen molar-refractivity contribution in [2.75, 3.05) is 17.6 Å². The number of ether oxygens (including phenoxy) is 1. The van der Waals surface area contributed by atoms with Gasteiger partial charge in [0.05, 0.1) is 18.5 Å². The Hall–Kier alpha value is -1.92. The normalized spacial score (nSPS) is 11.2. The molecule has 0 aliphatic carbocycles. The quantitative estimate of drug-likeness (QED) is 0.846. The second-order valence-corrected chi connectivity index (χ2v) is 6.58. The zero-order valence-electron chi connectivity index (χ0n) is 11.6. The van der Waals surface area contributed by atoms with Crippen LogP contribution in [0.2, 0.25) is 5.02 Å². The van der Waals surface area contributed by atoms with E-state index in [0.29, 0.717) is 10.8 Å². The number of anilines is 2. The highest BCUT2D eigenvalue weighted by Crippen LogP contribution is 2.31. The van der Waals surface area contributed by atoms with Crippen LogP contribution in [0.15, 0.2) is 41.3 Å². The van der Waals surface area contributed by atoms with Gasteiger partial charge >= 0.3 is 0 Å². The molecule has 2 rings (SSSR count). The number of rotatable bonds is 4. The fraction of sp³-hybridized carbons (Fsp3) is 0.143. The molecule has 2 aromatic rings. The standard InChI is InChI=1S/C14H15ClN2O3S/c1-9-3-6-14(11(16)7-9)21(18,19)17-12-8-10(15)4-5-13(12)20-2/h3-8,17H,16H2,1-2H3. The predicted molar refractivity (Wildman–Crippen MR) is 84.4 cm³/mol. The summed E-state index contributed by atoms with van der Waals surface area (Å²) in [6.07, 6.45) is 0. The van der Waals surface area contributed by atoms with Crippen molar-refractivity contribution in [2.24, 2.45) is 0 Å². The maximum Gasteiger partial charge on any atom is 0.264 e. The molecule has 112 valence electrons. The topological polar surface area (TPSA) is 81.4 Å². The number of benzene rings is 2. The van der Waals surface area contributed by atoms with Crippen LogP contribution in [0.4, 0.5) is 11.4 Å². The lowest BCUT2D eigenvalue weighted by Gasteiger charge is -2.13. The Labute approximate surface area is 128 Å². The van der Waals surface area contributed by atoms with Gasteiger partial charge in [-0.1, -0.05) is 17.7 Å². The summed E-state index contributed by atoms with van der Waals surface area (Å²) >= 11 is 5.89. The van der Waals surface area contributed by atoms with Crippen LogP contribution in [-0.4, -0.2) is 15.5 Å². The van der Waals surface area contributed by atoms with E-state index in [-0.39, 0.29) is 16.3 Å². The van der Waals surface area contributed by atoms with Gasteiger partial charge in [-0.05, 0) is 42.8 Å². The van der Waals surface area contributed by atoms with E-state index in [2.05, 4.69) is 4.72 Å². The molecule has 0 aromatic heterocycles. The van der Waals surface area contributed by atoms with E-state index in [4.69, 9.17) is 22.1 Å². The van der Waals surface area contributed by atoms with Crippen LogP contribution in [0, 0.1) is 6.92 Å². The largest absolute Gasteiger partial charge is 0.495 e. The van der Waals surface area contributed by atoms with Crippen LogP contribution in [0.5, 0.6) is 5.75 Å². The number of nitrogens with one attached hydrogen (secondary N) is 1. The Morgan fingerprint density at radius 2 is 1.90 bits per heavy atom. The van der Waals surface area contributed by atoms with Crippen molar-refractivity contribution in [3.8, 4) is 5.75 Å². The second-order valence-electron chi connectivity index (χ2n) is 4.49. The average Bonchev–Trinajstić information content (AvgIpc) is 2.37. The Balaban J connectivity index is 2.44. The number of halogens is 1. The third-order valence-corrected chi connectivity index (χ3v) is 4.54. The highest BCUT2D eigenvalue weighted by Gasteiger charge is 2.19. The fourth-order valence-electron chi connectivity index (χ4n) is 1.87. The van der Waals surface area contributed by atoms with E-state index in [1.807, 2.05) is 6.92 Å². The molecule has 0 saturated carbocycles. The van der Waals surface area contributed by atoms with Gasteiger partial charge in [-0.2, -0.15) is 0 Å². The molecular weight excluding hydrogens is 312 g/mol. The second kappa shape index (κ2) is 5.83. The van der Waals surface area contributed by atoms with Gasteiger partial charge in [0.25, 0.3) is 10.0 Å². The lowest BCUT2D eigenvalue weighted by atomic mass is 10.2. The van der Waals surface area contributed by atoms with Crippen LogP contribution in [0.3, 0.4) is 0 Å². The number of hydrogen-bond donors (Lipinski definition) is 2. The molecule has 5 nitrogen and oxygen atoms in total. The van der Waals surface area contributed by atoms with Crippen LogP contribution in [-0.2, 0) is 10.0 Å². The molecule has 0 radical (unpaired) electrons. The molecule has 0 atom stereocenters. The molecular formula is C14H15ClN2O3S. The molecule has 7 heteroatoms. The molecule has 0 heterocycles. The van der Waals surface area contributed by atoms with Crippen molar-refractivity contribution in [2.45, 2.75) is 11.8 Å². The molecule has 0 unspecified atom stereocenters. The predicted octanol–water partition coefficient (Wildman–Crippen LogP) is 3.04. The van der Waals surface area contributed by atoms with Crippen LogP contribution in [0.25, 0.3) is 0 Å². The van der Waals surface area contributed by atoms with E-state index in [0.717, 1.165) is 5.56 Å². The third-order valence-electron chi connectivity index (χ3n) is 2.86. The zero-order valence-corrected chi connectivity index (χ0v) is 13.1. The Bertz CT molecular complexity index is 776. The fourth-order valence-corrected chi connectivity index (χ4v) is 3.22. The zero-order chi connectivity index (χ0) is 15.6. The van der Waals surface area contributed by atoms with Gasteiger partial charge in [0.2, 0.25) is 0 Å². The minimum atomic E-state index is -3.82. The first-order valence-electron chi connectivity index (χ1n) is 6.06. The van der Waals surface area contributed by atoms with Gasteiger partial charge in [0, 0.05) is 5.02 Å². The average molecular weight is 327 g/mol. The van der Waals surface area contributed by atoms with E-state index in [1.54, 1.807) is 24.3 Å². The molecule has 3 N–H and O–H groups in total. The van der Waals surface area contributed by atoms with E-state index in [9.17, 15) is 8.42 Å². The minimum absolute atomic E-state index is 0.00938. The van der Waals surface area contributed by atoms with Crippen LogP contribution in [0.1, 0.15) is 5.56 Å². The van der Waals surface area contributed by atoms with Crippen LogP contribution >= 0.6 is 11.6 Å². The SMILES string of the molecule is COc1ccc(Cl)cc1NS(=O)(=O)c1ccc(C)cc1N. The first-order valence-corrected chi connectivity index (χ1v) is 7.92. The van der Waals surface area contributed by atoms with Crippen molar-refractivity contribution in [3.63, 3.8) is 0 Å².